The van der Waals surface area contributed by atoms with Crippen molar-refractivity contribution in [3.8, 4) is 0 Å². The smallest absolute Gasteiger partial charge is 0.232 e. The van der Waals surface area contributed by atoms with Gasteiger partial charge in [0.2, 0.25) is 15.9 Å². The molecular formula is C20H30N2O3S. The summed E-state index contributed by atoms with van der Waals surface area (Å²) in [6.45, 7) is 4.81. The van der Waals surface area contributed by atoms with E-state index in [9.17, 15) is 13.2 Å². The van der Waals surface area contributed by atoms with Gasteiger partial charge in [0, 0.05) is 19.5 Å². The van der Waals surface area contributed by atoms with E-state index in [1.807, 2.05) is 32.0 Å². The lowest BCUT2D eigenvalue weighted by Crippen LogP contribution is -2.33. The summed E-state index contributed by atoms with van der Waals surface area (Å²) in [5.74, 6) is -0.0223. The third-order valence-corrected chi connectivity index (χ3v) is 6.09. The zero-order chi connectivity index (χ0) is 19.2. The molecule has 0 aliphatic heterocycles. The van der Waals surface area contributed by atoms with Crippen molar-refractivity contribution in [1.29, 1.82) is 0 Å². The first kappa shape index (κ1) is 20.5. The van der Waals surface area contributed by atoms with Crippen molar-refractivity contribution >= 4 is 21.6 Å². The molecule has 1 aliphatic carbocycles. The van der Waals surface area contributed by atoms with Crippen LogP contribution in [0.1, 0.15) is 49.7 Å². The van der Waals surface area contributed by atoms with Crippen molar-refractivity contribution in [2.45, 2.75) is 52.4 Å². The lowest BCUT2D eigenvalue weighted by Gasteiger charge is -2.25. The summed E-state index contributed by atoms with van der Waals surface area (Å²) in [7, 11) is -3.39. The maximum atomic E-state index is 12.2. The molecule has 0 bridgehead atoms. The van der Waals surface area contributed by atoms with E-state index in [1.54, 1.807) is 0 Å². The third-order valence-electron chi connectivity index (χ3n) is 4.91. The summed E-state index contributed by atoms with van der Waals surface area (Å²) >= 11 is 0. The first-order valence-corrected chi connectivity index (χ1v) is 11.1. The van der Waals surface area contributed by atoms with Crippen LogP contribution in [-0.4, -0.2) is 33.7 Å². The molecule has 0 unspecified atom stereocenters. The number of carbonyl (C=O) groups excluding carboxylic acids is 1. The van der Waals surface area contributed by atoms with Gasteiger partial charge in [-0.05, 0) is 63.1 Å². The average Bonchev–Trinajstić information content (AvgIpc) is 2.60. The second kappa shape index (κ2) is 9.21. The van der Waals surface area contributed by atoms with Gasteiger partial charge in [0.1, 0.15) is 0 Å². The number of aryl methyl sites for hydroxylation is 1. The van der Waals surface area contributed by atoms with Crippen LogP contribution in [0.25, 0.3) is 0 Å². The second-order valence-corrected chi connectivity index (χ2v) is 8.95. The zero-order valence-corrected chi connectivity index (χ0v) is 16.9. The van der Waals surface area contributed by atoms with Crippen LogP contribution in [0.2, 0.25) is 0 Å². The van der Waals surface area contributed by atoms with Gasteiger partial charge in [-0.1, -0.05) is 23.8 Å². The molecule has 1 aromatic carbocycles. The molecule has 0 saturated carbocycles. The normalized spacial score (nSPS) is 14.7. The SMILES string of the molecule is Cc1cccc(N(CCCC(=O)NCC2=CCCCC2)S(C)(=O)=O)c1C. The zero-order valence-electron chi connectivity index (χ0n) is 16.0. The molecule has 0 heterocycles. The fourth-order valence-corrected chi connectivity index (χ4v) is 4.24. The van der Waals surface area contributed by atoms with E-state index < -0.39 is 10.0 Å². The van der Waals surface area contributed by atoms with Gasteiger partial charge in [0.25, 0.3) is 0 Å². The topological polar surface area (TPSA) is 66.5 Å². The van der Waals surface area contributed by atoms with Crippen LogP contribution in [0.5, 0.6) is 0 Å². The molecule has 0 radical (unpaired) electrons. The molecule has 0 fully saturated rings. The Labute approximate surface area is 157 Å². The number of anilines is 1. The van der Waals surface area contributed by atoms with Crippen molar-refractivity contribution in [2.24, 2.45) is 0 Å². The number of hydrogen-bond donors (Lipinski definition) is 1. The highest BCUT2D eigenvalue weighted by Gasteiger charge is 2.19. The fraction of sp³-hybridized carbons (Fsp3) is 0.550. The Morgan fingerprint density at radius 2 is 2.00 bits per heavy atom. The maximum absolute atomic E-state index is 12.2. The summed E-state index contributed by atoms with van der Waals surface area (Å²) in [6, 6.07) is 5.64. The van der Waals surface area contributed by atoms with Crippen LogP contribution in [0.4, 0.5) is 5.69 Å². The molecule has 0 atom stereocenters. The number of sulfonamides is 1. The van der Waals surface area contributed by atoms with E-state index in [4.69, 9.17) is 0 Å². The van der Waals surface area contributed by atoms with Crippen molar-refractivity contribution in [1.82, 2.24) is 5.32 Å². The van der Waals surface area contributed by atoms with Gasteiger partial charge < -0.3 is 5.32 Å². The number of hydrogen-bond acceptors (Lipinski definition) is 3. The number of amides is 1. The Hall–Kier alpha value is -1.82. The Morgan fingerprint density at radius 3 is 2.65 bits per heavy atom. The number of carbonyl (C=O) groups is 1. The molecule has 1 amide bonds. The maximum Gasteiger partial charge on any atom is 0.232 e. The number of benzene rings is 1. The van der Waals surface area contributed by atoms with Crippen molar-refractivity contribution in [3.05, 3.63) is 41.0 Å². The van der Waals surface area contributed by atoms with Gasteiger partial charge in [-0.3, -0.25) is 9.10 Å². The first-order valence-electron chi connectivity index (χ1n) is 9.27. The molecule has 2 rings (SSSR count). The van der Waals surface area contributed by atoms with E-state index in [1.165, 1.54) is 29.0 Å². The van der Waals surface area contributed by atoms with Crippen LogP contribution in [0.3, 0.4) is 0 Å². The molecule has 1 N–H and O–H groups in total. The largest absolute Gasteiger partial charge is 0.352 e. The predicted octanol–water partition coefficient (Wildman–Crippen LogP) is 3.47. The summed E-state index contributed by atoms with van der Waals surface area (Å²) in [6.07, 6.45) is 8.84. The monoisotopic (exact) mass is 378 g/mol. The minimum atomic E-state index is -3.39. The summed E-state index contributed by atoms with van der Waals surface area (Å²) in [5, 5.41) is 2.95. The number of nitrogens with one attached hydrogen (secondary N) is 1. The van der Waals surface area contributed by atoms with E-state index in [0.29, 0.717) is 31.6 Å². The second-order valence-electron chi connectivity index (χ2n) is 7.04. The summed E-state index contributed by atoms with van der Waals surface area (Å²) in [4.78, 5) is 12.1. The third kappa shape index (κ3) is 5.87. The van der Waals surface area contributed by atoms with Crippen LogP contribution in [0.15, 0.2) is 29.8 Å². The minimum Gasteiger partial charge on any atom is -0.352 e. The summed E-state index contributed by atoms with van der Waals surface area (Å²) < 4.78 is 25.9. The molecule has 6 heteroatoms. The van der Waals surface area contributed by atoms with Gasteiger partial charge in [0.15, 0.2) is 0 Å². The molecule has 5 nitrogen and oxygen atoms in total. The molecule has 1 aliphatic rings. The Kier molecular flexibility index (Phi) is 7.26. The number of allylic oxidation sites excluding steroid dienone is 1. The molecular weight excluding hydrogens is 348 g/mol. The summed E-state index contributed by atoms with van der Waals surface area (Å²) in [5.41, 5.74) is 4.00. The lowest BCUT2D eigenvalue weighted by molar-refractivity contribution is -0.120. The van der Waals surface area contributed by atoms with Gasteiger partial charge in [-0.2, -0.15) is 0 Å². The van der Waals surface area contributed by atoms with Gasteiger partial charge in [-0.15, -0.1) is 0 Å². The van der Waals surface area contributed by atoms with Crippen LogP contribution >= 0.6 is 0 Å². The van der Waals surface area contributed by atoms with Crippen LogP contribution in [0, 0.1) is 13.8 Å². The highest BCUT2D eigenvalue weighted by atomic mass is 32.2. The molecule has 144 valence electrons. The lowest BCUT2D eigenvalue weighted by atomic mass is 10.00. The Bertz CT molecular complexity index is 769. The first-order chi connectivity index (χ1) is 12.3. The average molecular weight is 379 g/mol. The van der Waals surface area contributed by atoms with Crippen molar-refractivity contribution in [2.75, 3.05) is 23.7 Å². The van der Waals surface area contributed by atoms with E-state index in [-0.39, 0.29) is 5.91 Å². The van der Waals surface area contributed by atoms with Gasteiger partial charge in [-0.25, -0.2) is 8.42 Å². The molecule has 26 heavy (non-hydrogen) atoms. The number of nitrogens with zero attached hydrogens (tertiary/aromatic N) is 1. The van der Waals surface area contributed by atoms with Crippen LogP contribution < -0.4 is 9.62 Å². The number of rotatable bonds is 8. The quantitative estimate of drug-likeness (QED) is 0.705. The van der Waals surface area contributed by atoms with E-state index in [2.05, 4.69) is 11.4 Å². The van der Waals surface area contributed by atoms with Crippen molar-refractivity contribution in [3.63, 3.8) is 0 Å². The predicted molar refractivity (Wildman–Crippen MR) is 107 cm³/mol. The standard InChI is InChI=1S/C20H30N2O3S/c1-16-9-7-12-19(17(16)2)22(26(3,24)25)14-8-13-20(23)21-15-18-10-5-4-6-11-18/h7,9-10,12H,4-6,8,11,13-15H2,1-3H3,(H,21,23). The van der Waals surface area contributed by atoms with E-state index in [0.717, 1.165) is 24.0 Å². The molecule has 0 aromatic heterocycles. The highest BCUT2D eigenvalue weighted by molar-refractivity contribution is 7.92. The highest BCUT2D eigenvalue weighted by Crippen LogP contribution is 2.25. The van der Waals surface area contributed by atoms with E-state index >= 15 is 0 Å². The molecule has 1 aromatic rings. The Morgan fingerprint density at radius 1 is 1.23 bits per heavy atom. The van der Waals surface area contributed by atoms with Gasteiger partial charge >= 0.3 is 0 Å². The molecule has 0 spiro atoms. The van der Waals surface area contributed by atoms with Crippen molar-refractivity contribution < 1.29 is 13.2 Å². The fourth-order valence-electron chi connectivity index (χ4n) is 3.22. The minimum absolute atomic E-state index is 0.0223. The Balaban J connectivity index is 1.90. The molecule has 0 saturated heterocycles. The van der Waals surface area contributed by atoms with Crippen LogP contribution in [-0.2, 0) is 14.8 Å². The van der Waals surface area contributed by atoms with Gasteiger partial charge in [0.05, 0.1) is 11.9 Å².